The summed E-state index contributed by atoms with van der Waals surface area (Å²) < 4.78 is 10.1. The molecule has 7 heteroatoms. The molecular formula is C51H27N3S4. The second kappa shape index (κ2) is 12.6. The highest BCUT2D eigenvalue weighted by Crippen LogP contribution is 2.47. The average Bonchev–Trinajstić information content (AvgIpc) is 4.05. The summed E-state index contributed by atoms with van der Waals surface area (Å²) in [6.45, 7) is 0. The Morgan fingerprint density at radius 1 is 0.276 bits per heavy atom. The molecule has 0 aliphatic carbocycles. The fourth-order valence-electron chi connectivity index (χ4n) is 8.73. The highest BCUT2D eigenvalue weighted by molar-refractivity contribution is 7.27. The Hall–Kier alpha value is -6.35. The third-order valence-corrected chi connectivity index (χ3v) is 16.0. The molecule has 270 valence electrons. The van der Waals surface area contributed by atoms with Crippen LogP contribution in [0.2, 0.25) is 0 Å². The first-order valence-electron chi connectivity index (χ1n) is 19.2. The zero-order valence-corrected chi connectivity index (χ0v) is 33.8. The molecule has 8 aromatic carbocycles. The van der Waals surface area contributed by atoms with E-state index in [1.165, 1.54) is 91.8 Å². The van der Waals surface area contributed by atoms with Crippen LogP contribution in [0, 0.1) is 0 Å². The molecule has 0 fully saturated rings. The Morgan fingerprint density at radius 2 is 0.690 bits per heavy atom. The van der Waals surface area contributed by atoms with Crippen LogP contribution in [-0.4, -0.2) is 15.0 Å². The van der Waals surface area contributed by atoms with Crippen LogP contribution in [0.5, 0.6) is 0 Å². The highest BCUT2D eigenvalue weighted by Gasteiger charge is 2.21. The lowest BCUT2D eigenvalue weighted by Gasteiger charge is -2.10. The van der Waals surface area contributed by atoms with Crippen LogP contribution in [0.15, 0.2) is 164 Å². The molecule has 0 saturated heterocycles. The van der Waals surface area contributed by atoms with Crippen molar-refractivity contribution in [2.24, 2.45) is 0 Å². The summed E-state index contributed by atoms with van der Waals surface area (Å²) >= 11 is 7.31. The van der Waals surface area contributed by atoms with Gasteiger partial charge in [-0.1, -0.05) is 115 Å². The predicted molar refractivity (Wildman–Crippen MR) is 253 cm³/mol. The van der Waals surface area contributed by atoms with Crippen LogP contribution >= 0.6 is 45.3 Å². The van der Waals surface area contributed by atoms with Gasteiger partial charge in [0.25, 0.3) is 0 Å². The number of hydrogen-bond donors (Lipinski definition) is 0. The van der Waals surface area contributed by atoms with Gasteiger partial charge in [0.15, 0.2) is 17.5 Å². The SMILES string of the molecule is c1ccc2c(c1)sc1cc(-c3nc(-c4ccc5c(c4)sc4ccccc45)nc(-c4cccc5c4sc4cccc(-c6cccc7sc8ccccc8c67)c45)n3)ccc12. The normalized spacial score (nSPS) is 12.1. The van der Waals surface area contributed by atoms with E-state index in [0.29, 0.717) is 17.5 Å². The molecular weight excluding hydrogens is 783 g/mol. The van der Waals surface area contributed by atoms with Gasteiger partial charge in [-0.25, -0.2) is 15.0 Å². The lowest BCUT2D eigenvalue weighted by atomic mass is 9.95. The molecule has 5 aromatic heterocycles. The van der Waals surface area contributed by atoms with Crippen LogP contribution in [0.1, 0.15) is 0 Å². The van der Waals surface area contributed by atoms with Crippen molar-refractivity contribution in [2.45, 2.75) is 0 Å². The molecule has 0 aliphatic heterocycles. The summed E-state index contributed by atoms with van der Waals surface area (Å²) in [6, 6.07) is 59.4. The van der Waals surface area contributed by atoms with E-state index in [0.717, 1.165) is 16.7 Å². The van der Waals surface area contributed by atoms with Gasteiger partial charge in [0, 0.05) is 97.4 Å². The number of rotatable bonds is 4. The smallest absolute Gasteiger partial charge is 0.165 e. The first kappa shape index (κ1) is 32.7. The number of aromatic nitrogens is 3. The van der Waals surface area contributed by atoms with E-state index in [9.17, 15) is 0 Å². The zero-order chi connectivity index (χ0) is 37.9. The average molecular weight is 810 g/mol. The topological polar surface area (TPSA) is 38.7 Å². The van der Waals surface area contributed by atoms with Gasteiger partial charge in [-0.2, -0.15) is 0 Å². The molecule has 13 rings (SSSR count). The molecule has 0 saturated carbocycles. The van der Waals surface area contributed by atoms with Crippen molar-refractivity contribution in [3.63, 3.8) is 0 Å². The van der Waals surface area contributed by atoms with E-state index in [2.05, 4.69) is 164 Å². The molecule has 3 nitrogen and oxygen atoms in total. The molecule has 0 unspecified atom stereocenters. The van der Waals surface area contributed by atoms with Crippen molar-refractivity contribution >= 4 is 126 Å². The van der Waals surface area contributed by atoms with Gasteiger partial charge in [-0.3, -0.25) is 0 Å². The maximum Gasteiger partial charge on any atom is 0.165 e. The molecule has 0 radical (unpaired) electrons. The van der Waals surface area contributed by atoms with Crippen molar-refractivity contribution in [3.8, 4) is 45.3 Å². The standard InChI is InChI=1S/C51H27N3S4/c1-4-17-39-30(10-1)32-24-22-28(26-44(32)56-39)49-52-50(29-23-25-33-31-11-2-5-18-40(31)57-45(33)27-29)54-51(53-49)38-16-7-15-37-47-35(14-9-21-43(47)58-48(37)38)34-13-8-20-42-46(34)36-12-3-6-19-41(36)55-42/h1-27H. The minimum absolute atomic E-state index is 0.672. The van der Waals surface area contributed by atoms with Crippen molar-refractivity contribution in [2.75, 3.05) is 0 Å². The van der Waals surface area contributed by atoms with Crippen LogP contribution < -0.4 is 0 Å². The first-order valence-corrected chi connectivity index (χ1v) is 22.4. The number of benzene rings is 8. The minimum Gasteiger partial charge on any atom is -0.208 e. The number of hydrogen-bond acceptors (Lipinski definition) is 7. The van der Waals surface area contributed by atoms with E-state index in [1.54, 1.807) is 0 Å². The summed E-state index contributed by atoms with van der Waals surface area (Å²) in [6.07, 6.45) is 0. The Morgan fingerprint density at radius 3 is 1.31 bits per heavy atom. The van der Waals surface area contributed by atoms with Crippen LogP contribution in [-0.2, 0) is 0 Å². The fraction of sp³-hybridized carbons (Fsp3) is 0. The number of fused-ring (bicyclic) bond motifs is 12. The molecule has 0 amide bonds. The molecule has 0 spiro atoms. The summed E-state index contributed by atoms with van der Waals surface area (Å²) in [5, 5.41) is 10.2. The van der Waals surface area contributed by atoms with Crippen molar-refractivity contribution in [3.05, 3.63) is 164 Å². The fourth-order valence-corrected chi connectivity index (χ4v) is 13.4. The molecule has 13 aromatic rings. The first-order chi connectivity index (χ1) is 28.7. The van der Waals surface area contributed by atoms with Crippen molar-refractivity contribution in [1.29, 1.82) is 0 Å². The number of nitrogens with zero attached hydrogens (tertiary/aromatic N) is 3. The van der Waals surface area contributed by atoms with Crippen molar-refractivity contribution < 1.29 is 0 Å². The second-order valence-electron chi connectivity index (χ2n) is 14.7. The van der Waals surface area contributed by atoms with Gasteiger partial charge < -0.3 is 0 Å². The van der Waals surface area contributed by atoms with Gasteiger partial charge in [-0.15, -0.1) is 45.3 Å². The lowest BCUT2D eigenvalue weighted by molar-refractivity contribution is 1.08. The summed E-state index contributed by atoms with van der Waals surface area (Å²) in [5.74, 6) is 2.02. The van der Waals surface area contributed by atoms with Gasteiger partial charge in [0.1, 0.15) is 0 Å². The number of thiophene rings is 4. The maximum atomic E-state index is 5.32. The molecule has 58 heavy (non-hydrogen) atoms. The third-order valence-electron chi connectivity index (χ3n) is 11.4. The molecule has 0 N–H and O–H groups in total. The second-order valence-corrected chi connectivity index (χ2v) is 19.0. The monoisotopic (exact) mass is 809 g/mol. The van der Waals surface area contributed by atoms with E-state index >= 15 is 0 Å². The Labute approximate surface area is 347 Å². The van der Waals surface area contributed by atoms with Gasteiger partial charge in [0.2, 0.25) is 0 Å². The Kier molecular flexibility index (Phi) is 7.09. The van der Waals surface area contributed by atoms with E-state index < -0.39 is 0 Å². The zero-order valence-electron chi connectivity index (χ0n) is 30.6. The summed E-state index contributed by atoms with van der Waals surface area (Å²) in [4.78, 5) is 15.9. The third kappa shape index (κ3) is 4.91. The van der Waals surface area contributed by atoms with E-state index in [-0.39, 0.29) is 0 Å². The Balaban J connectivity index is 1.04. The van der Waals surface area contributed by atoms with E-state index in [4.69, 9.17) is 15.0 Å². The molecule has 0 aliphatic rings. The highest BCUT2D eigenvalue weighted by atomic mass is 32.1. The maximum absolute atomic E-state index is 5.32. The predicted octanol–water partition coefficient (Wildman–Crippen LogP) is 16.0. The van der Waals surface area contributed by atoms with Gasteiger partial charge >= 0.3 is 0 Å². The van der Waals surface area contributed by atoms with Crippen molar-refractivity contribution in [1.82, 2.24) is 15.0 Å². The van der Waals surface area contributed by atoms with Gasteiger partial charge in [0.05, 0.1) is 0 Å². The minimum atomic E-state index is 0.672. The largest absolute Gasteiger partial charge is 0.208 e. The molecule has 0 bridgehead atoms. The molecule has 5 heterocycles. The van der Waals surface area contributed by atoms with Crippen LogP contribution in [0.25, 0.3) is 126 Å². The summed E-state index contributed by atoms with van der Waals surface area (Å²) in [5.41, 5.74) is 5.49. The summed E-state index contributed by atoms with van der Waals surface area (Å²) in [7, 11) is 0. The molecule has 0 atom stereocenters. The van der Waals surface area contributed by atoms with Crippen LogP contribution in [0.4, 0.5) is 0 Å². The Bertz CT molecular complexity index is 3700. The lowest BCUT2D eigenvalue weighted by Crippen LogP contribution is -2.00. The quantitative estimate of drug-likeness (QED) is 0.178. The van der Waals surface area contributed by atoms with Crippen LogP contribution in [0.3, 0.4) is 0 Å². The van der Waals surface area contributed by atoms with E-state index in [1.807, 2.05) is 45.3 Å². The van der Waals surface area contributed by atoms with Gasteiger partial charge in [-0.05, 0) is 59.7 Å².